The van der Waals surface area contributed by atoms with Gasteiger partial charge < -0.3 is 5.32 Å². The lowest BCUT2D eigenvalue weighted by molar-refractivity contribution is 0.993. The minimum atomic E-state index is -0.334. The zero-order chi connectivity index (χ0) is 13.0. The number of aryl methyl sites for hydroxylation is 1. The van der Waals surface area contributed by atoms with E-state index in [9.17, 15) is 5.26 Å². The van der Waals surface area contributed by atoms with Crippen molar-refractivity contribution in [2.75, 3.05) is 5.32 Å². The molecule has 1 unspecified atom stereocenters. The van der Waals surface area contributed by atoms with Crippen LogP contribution in [-0.2, 0) is 0 Å². The van der Waals surface area contributed by atoms with Crippen LogP contribution in [0.3, 0.4) is 0 Å². The molecule has 90 valence electrons. The van der Waals surface area contributed by atoms with Crippen molar-refractivity contribution in [3.8, 4) is 6.07 Å². The van der Waals surface area contributed by atoms with Gasteiger partial charge in [0.1, 0.15) is 6.04 Å². The number of hydrogen-bond acceptors (Lipinski definition) is 2. The quantitative estimate of drug-likeness (QED) is 0.910. The molecule has 0 aromatic heterocycles. The van der Waals surface area contributed by atoms with Crippen molar-refractivity contribution in [1.29, 1.82) is 5.26 Å². The molecule has 3 heteroatoms. The Kier molecular flexibility index (Phi) is 4.01. The highest BCUT2D eigenvalue weighted by molar-refractivity contribution is 9.10. The first-order chi connectivity index (χ1) is 8.70. The van der Waals surface area contributed by atoms with E-state index in [0.29, 0.717) is 0 Å². The number of anilines is 1. The fourth-order valence-electron chi connectivity index (χ4n) is 1.74. The average Bonchev–Trinajstić information content (AvgIpc) is 2.39. The van der Waals surface area contributed by atoms with Gasteiger partial charge in [-0.25, -0.2) is 0 Å². The highest BCUT2D eigenvalue weighted by Gasteiger charge is 2.10. The van der Waals surface area contributed by atoms with Crippen molar-refractivity contribution in [2.45, 2.75) is 13.0 Å². The van der Waals surface area contributed by atoms with Gasteiger partial charge in [-0.1, -0.05) is 46.3 Å². The number of hydrogen-bond donors (Lipinski definition) is 1. The van der Waals surface area contributed by atoms with Gasteiger partial charge in [0.05, 0.1) is 6.07 Å². The second-order valence-corrected chi connectivity index (χ2v) is 4.99. The standard InChI is InChI=1S/C15H13BrN2/c1-11-4-2-3-5-14(11)18-15(10-17)12-6-8-13(16)9-7-12/h2-9,15,18H,1H3. The summed E-state index contributed by atoms with van der Waals surface area (Å²) < 4.78 is 1.01. The number of rotatable bonds is 3. The summed E-state index contributed by atoms with van der Waals surface area (Å²) in [5.74, 6) is 0. The Labute approximate surface area is 115 Å². The number of nitrogens with one attached hydrogen (secondary N) is 1. The number of nitrogens with zero attached hydrogens (tertiary/aromatic N) is 1. The van der Waals surface area contributed by atoms with E-state index in [2.05, 4.69) is 27.3 Å². The van der Waals surface area contributed by atoms with Crippen LogP contribution >= 0.6 is 15.9 Å². The molecule has 2 nitrogen and oxygen atoms in total. The van der Waals surface area contributed by atoms with Crippen molar-refractivity contribution in [2.24, 2.45) is 0 Å². The molecule has 18 heavy (non-hydrogen) atoms. The van der Waals surface area contributed by atoms with Crippen molar-refractivity contribution in [3.05, 3.63) is 64.1 Å². The normalized spacial score (nSPS) is 11.6. The van der Waals surface area contributed by atoms with Crippen LogP contribution in [0.5, 0.6) is 0 Å². The molecule has 0 aliphatic heterocycles. The van der Waals surface area contributed by atoms with E-state index in [1.807, 2.05) is 55.5 Å². The third-order valence-electron chi connectivity index (χ3n) is 2.78. The summed E-state index contributed by atoms with van der Waals surface area (Å²) in [5, 5.41) is 12.5. The highest BCUT2D eigenvalue weighted by Crippen LogP contribution is 2.23. The Morgan fingerprint density at radius 2 is 1.78 bits per heavy atom. The third-order valence-corrected chi connectivity index (χ3v) is 3.31. The molecule has 0 amide bonds. The molecular formula is C15H13BrN2. The molecule has 2 aromatic rings. The summed E-state index contributed by atoms with van der Waals surface area (Å²) in [6, 6.07) is 17.7. The van der Waals surface area contributed by atoms with Gasteiger partial charge in [0.15, 0.2) is 0 Å². The Hall–Kier alpha value is -1.79. The van der Waals surface area contributed by atoms with Crippen molar-refractivity contribution in [3.63, 3.8) is 0 Å². The minimum absolute atomic E-state index is 0.334. The second-order valence-electron chi connectivity index (χ2n) is 4.07. The molecule has 0 spiro atoms. The summed E-state index contributed by atoms with van der Waals surface area (Å²) in [5.41, 5.74) is 3.09. The zero-order valence-electron chi connectivity index (χ0n) is 10.0. The molecule has 0 bridgehead atoms. The predicted octanol–water partition coefficient (Wildman–Crippen LogP) is 4.43. The highest BCUT2D eigenvalue weighted by atomic mass is 79.9. The molecule has 0 aliphatic rings. The van der Waals surface area contributed by atoms with Crippen LogP contribution in [0.25, 0.3) is 0 Å². The van der Waals surface area contributed by atoms with Gasteiger partial charge in [-0.3, -0.25) is 0 Å². The van der Waals surface area contributed by atoms with Gasteiger partial charge in [-0.2, -0.15) is 5.26 Å². The van der Waals surface area contributed by atoms with Crippen molar-refractivity contribution >= 4 is 21.6 Å². The summed E-state index contributed by atoms with van der Waals surface area (Å²) >= 11 is 3.39. The van der Waals surface area contributed by atoms with Crippen LogP contribution in [0.2, 0.25) is 0 Å². The van der Waals surface area contributed by atoms with Crippen molar-refractivity contribution in [1.82, 2.24) is 0 Å². The average molecular weight is 301 g/mol. The molecule has 0 saturated heterocycles. The summed E-state index contributed by atoms with van der Waals surface area (Å²) in [7, 11) is 0. The monoisotopic (exact) mass is 300 g/mol. The van der Waals surface area contributed by atoms with Gasteiger partial charge in [-0.15, -0.1) is 0 Å². The summed E-state index contributed by atoms with van der Waals surface area (Å²) in [4.78, 5) is 0. The van der Waals surface area contributed by atoms with E-state index in [0.717, 1.165) is 21.3 Å². The molecule has 0 radical (unpaired) electrons. The van der Waals surface area contributed by atoms with E-state index in [1.165, 1.54) is 0 Å². The Morgan fingerprint density at radius 1 is 1.11 bits per heavy atom. The molecule has 0 fully saturated rings. The maximum Gasteiger partial charge on any atom is 0.140 e. The minimum Gasteiger partial charge on any atom is -0.366 e. The first-order valence-electron chi connectivity index (χ1n) is 5.68. The van der Waals surface area contributed by atoms with Gasteiger partial charge in [0.2, 0.25) is 0 Å². The Morgan fingerprint density at radius 3 is 2.39 bits per heavy atom. The van der Waals surface area contributed by atoms with Crippen molar-refractivity contribution < 1.29 is 0 Å². The fourth-order valence-corrected chi connectivity index (χ4v) is 2.00. The van der Waals surface area contributed by atoms with Crippen LogP contribution in [0, 0.1) is 18.3 Å². The zero-order valence-corrected chi connectivity index (χ0v) is 11.6. The summed E-state index contributed by atoms with van der Waals surface area (Å²) in [6.45, 7) is 2.03. The van der Waals surface area contributed by atoms with Gasteiger partial charge in [0, 0.05) is 10.2 Å². The van der Waals surface area contributed by atoms with Crippen LogP contribution in [-0.4, -0.2) is 0 Å². The first-order valence-corrected chi connectivity index (χ1v) is 6.47. The van der Waals surface area contributed by atoms with E-state index >= 15 is 0 Å². The maximum atomic E-state index is 9.28. The van der Waals surface area contributed by atoms with Crippen LogP contribution in [0.4, 0.5) is 5.69 Å². The molecule has 0 saturated carbocycles. The van der Waals surface area contributed by atoms with Gasteiger partial charge in [0.25, 0.3) is 0 Å². The van der Waals surface area contributed by atoms with E-state index in [1.54, 1.807) is 0 Å². The molecule has 0 aliphatic carbocycles. The Balaban J connectivity index is 2.23. The predicted molar refractivity (Wildman–Crippen MR) is 77.3 cm³/mol. The molecular weight excluding hydrogens is 288 g/mol. The Bertz CT molecular complexity index is 570. The lowest BCUT2D eigenvalue weighted by atomic mass is 10.1. The number of nitriles is 1. The van der Waals surface area contributed by atoms with E-state index < -0.39 is 0 Å². The van der Waals surface area contributed by atoms with E-state index in [-0.39, 0.29) is 6.04 Å². The SMILES string of the molecule is Cc1ccccc1NC(C#N)c1ccc(Br)cc1. The lowest BCUT2D eigenvalue weighted by Crippen LogP contribution is -2.09. The largest absolute Gasteiger partial charge is 0.366 e. The number of para-hydroxylation sites is 1. The fraction of sp³-hybridized carbons (Fsp3) is 0.133. The second kappa shape index (κ2) is 5.70. The lowest BCUT2D eigenvalue weighted by Gasteiger charge is -2.15. The van der Waals surface area contributed by atoms with Gasteiger partial charge >= 0.3 is 0 Å². The maximum absolute atomic E-state index is 9.28. The number of benzene rings is 2. The van der Waals surface area contributed by atoms with Crippen LogP contribution in [0.15, 0.2) is 53.0 Å². The molecule has 1 N–H and O–H groups in total. The number of halogens is 1. The van der Waals surface area contributed by atoms with Crippen LogP contribution < -0.4 is 5.32 Å². The molecule has 2 rings (SSSR count). The van der Waals surface area contributed by atoms with Gasteiger partial charge in [-0.05, 0) is 36.2 Å². The molecule has 1 atom stereocenters. The third kappa shape index (κ3) is 2.91. The van der Waals surface area contributed by atoms with Crippen LogP contribution in [0.1, 0.15) is 17.2 Å². The summed E-state index contributed by atoms with van der Waals surface area (Å²) in [6.07, 6.45) is 0. The molecule has 0 heterocycles. The van der Waals surface area contributed by atoms with E-state index in [4.69, 9.17) is 0 Å². The smallest absolute Gasteiger partial charge is 0.140 e. The molecule has 2 aromatic carbocycles. The first kappa shape index (κ1) is 12.7. The topological polar surface area (TPSA) is 35.8 Å².